The molecule has 5 heteroatoms. The Hall–Kier alpha value is -1.62. The van der Waals surface area contributed by atoms with Gasteiger partial charge in [0.05, 0.1) is 18.4 Å². The van der Waals surface area contributed by atoms with E-state index in [4.69, 9.17) is 0 Å². The molecule has 0 aromatic heterocycles. The second kappa shape index (κ2) is 5.14. The summed E-state index contributed by atoms with van der Waals surface area (Å²) in [5.41, 5.74) is 0.587. The van der Waals surface area contributed by atoms with E-state index < -0.39 is 0 Å². The first kappa shape index (κ1) is 11.9. The maximum Gasteiger partial charge on any atom is 0.218 e. The van der Waals surface area contributed by atoms with Gasteiger partial charge in [0.25, 0.3) is 0 Å². The first-order chi connectivity index (χ1) is 8.16. The molecule has 2 N–H and O–H groups in total. The molecule has 0 saturated carbocycles. The van der Waals surface area contributed by atoms with E-state index in [0.29, 0.717) is 12.2 Å². The molecular formula is C12H16FN3O. The quantitative estimate of drug-likeness (QED) is 0.795. The molecule has 0 bridgehead atoms. The summed E-state index contributed by atoms with van der Waals surface area (Å²) >= 11 is 0. The molecule has 1 amide bonds. The van der Waals surface area contributed by atoms with Gasteiger partial charge in [0, 0.05) is 20.0 Å². The fourth-order valence-electron chi connectivity index (χ4n) is 2.02. The SMILES string of the molecule is CC(=O)NC1CN(c2ccccc2F)CCN1. The summed E-state index contributed by atoms with van der Waals surface area (Å²) in [6.45, 7) is 3.50. The highest BCUT2D eigenvalue weighted by Gasteiger charge is 2.21. The third-order valence-electron chi connectivity index (χ3n) is 2.75. The summed E-state index contributed by atoms with van der Waals surface area (Å²) in [5, 5.41) is 5.96. The number of hydrogen-bond donors (Lipinski definition) is 2. The van der Waals surface area contributed by atoms with Crippen molar-refractivity contribution in [3.8, 4) is 0 Å². The van der Waals surface area contributed by atoms with Gasteiger partial charge in [-0.15, -0.1) is 0 Å². The Labute approximate surface area is 99.8 Å². The molecule has 1 aromatic carbocycles. The van der Waals surface area contributed by atoms with E-state index in [1.54, 1.807) is 12.1 Å². The van der Waals surface area contributed by atoms with Crippen LogP contribution in [0.2, 0.25) is 0 Å². The molecule has 0 radical (unpaired) electrons. The number of hydrogen-bond acceptors (Lipinski definition) is 3. The molecule has 1 aromatic rings. The summed E-state index contributed by atoms with van der Waals surface area (Å²) < 4.78 is 13.6. The van der Waals surface area contributed by atoms with Gasteiger partial charge in [0.2, 0.25) is 5.91 Å². The standard InChI is InChI=1S/C12H16FN3O/c1-9(17)15-12-8-16(7-6-14-12)11-5-3-2-4-10(11)13/h2-5,12,14H,6-8H2,1H3,(H,15,17). The Balaban J connectivity index is 2.07. The number of carbonyl (C=O) groups excluding carboxylic acids is 1. The van der Waals surface area contributed by atoms with Gasteiger partial charge in [-0.3, -0.25) is 10.1 Å². The van der Waals surface area contributed by atoms with Crippen LogP contribution < -0.4 is 15.5 Å². The molecule has 2 rings (SSSR count). The van der Waals surface area contributed by atoms with Gasteiger partial charge < -0.3 is 10.2 Å². The van der Waals surface area contributed by atoms with Crippen LogP contribution in [0, 0.1) is 5.82 Å². The fourth-order valence-corrected chi connectivity index (χ4v) is 2.02. The highest BCUT2D eigenvalue weighted by molar-refractivity contribution is 5.73. The average Bonchev–Trinajstić information content (AvgIpc) is 2.29. The zero-order chi connectivity index (χ0) is 12.3. The van der Waals surface area contributed by atoms with E-state index in [2.05, 4.69) is 10.6 Å². The van der Waals surface area contributed by atoms with Crippen LogP contribution in [0.15, 0.2) is 24.3 Å². The van der Waals surface area contributed by atoms with Crippen molar-refractivity contribution < 1.29 is 9.18 Å². The number of carbonyl (C=O) groups is 1. The second-order valence-electron chi connectivity index (χ2n) is 4.10. The number of halogens is 1. The van der Waals surface area contributed by atoms with Crippen molar-refractivity contribution in [3.63, 3.8) is 0 Å². The first-order valence-electron chi connectivity index (χ1n) is 5.67. The van der Waals surface area contributed by atoms with Crippen LogP contribution in [0.1, 0.15) is 6.92 Å². The molecule has 1 fully saturated rings. The lowest BCUT2D eigenvalue weighted by Gasteiger charge is -2.35. The van der Waals surface area contributed by atoms with Crippen molar-refractivity contribution in [2.45, 2.75) is 13.1 Å². The normalized spacial score (nSPS) is 20.1. The first-order valence-corrected chi connectivity index (χ1v) is 5.67. The van der Waals surface area contributed by atoms with Crippen molar-refractivity contribution >= 4 is 11.6 Å². The van der Waals surface area contributed by atoms with Crippen LogP contribution in [0.5, 0.6) is 0 Å². The maximum atomic E-state index is 13.6. The molecule has 1 atom stereocenters. The summed E-state index contributed by atoms with van der Waals surface area (Å²) in [4.78, 5) is 12.9. The van der Waals surface area contributed by atoms with Crippen LogP contribution in [0.3, 0.4) is 0 Å². The molecular weight excluding hydrogens is 221 g/mol. The second-order valence-corrected chi connectivity index (χ2v) is 4.10. The molecule has 1 unspecified atom stereocenters. The molecule has 0 aliphatic carbocycles. The van der Waals surface area contributed by atoms with Crippen LogP contribution in [-0.2, 0) is 4.79 Å². The number of anilines is 1. The Morgan fingerprint density at radius 1 is 1.53 bits per heavy atom. The monoisotopic (exact) mass is 237 g/mol. The van der Waals surface area contributed by atoms with Crippen LogP contribution in [-0.4, -0.2) is 31.7 Å². The van der Waals surface area contributed by atoms with Gasteiger partial charge in [-0.2, -0.15) is 0 Å². The van der Waals surface area contributed by atoms with Crippen molar-refractivity contribution in [1.29, 1.82) is 0 Å². The Kier molecular flexibility index (Phi) is 3.58. The van der Waals surface area contributed by atoms with Gasteiger partial charge in [0.1, 0.15) is 5.82 Å². The average molecular weight is 237 g/mol. The van der Waals surface area contributed by atoms with E-state index in [1.165, 1.54) is 13.0 Å². The number of benzene rings is 1. The molecule has 4 nitrogen and oxygen atoms in total. The van der Waals surface area contributed by atoms with E-state index in [1.807, 2.05) is 11.0 Å². The van der Waals surface area contributed by atoms with E-state index in [0.717, 1.165) is 13.1 Å². The van der Waals surface area contributed by atoms with Gasteiger partial charge in [0.15, 0.2) is 0 Å². The topological polar surface area (TPSA) is 44.4 Å². The lowest BCUT2D eigenvalue weighted by molar-refractivity contribution is -0.119. The minimum Gasteiger partial charge on any atom is -0.364 e. The fraction of sp³-hybridized carbons (Fsp3) is 0.417. The third kappa shape index (κ3) is 2.94. The third-order valence-corrected chi connectivity index (χ3v) is 2.75. The Morgan fingerprint density at radius 2 is 2.29 bits per heavy atom. The molecule has 92 valence electrons. The van der Waals surface area contributed by atoms with E-state index in [-0.39, 0.29) is 17.9 Å². The van der Waals surface area contributed by atoms with Crippen LogP contribution in [0.25, 0.3) is 0 Å². The van der Waals surface area contributed by atoms with Crippen LogP contribution in [0.4, 0.5) is 10.1 Å². The Morgan fingerprint density at radius 3 is 3.00 bits per heavy atom. The summed E-state index contributed by atoms with van der Waals surface area (Å²) in [6.07, 6.45) is -0.124. The lowest BCUT2D eigenvalue weighted by atomic mass is 10.2. The molecule has 1 heterocycles. The highest BCUT2D eigenvalue weighted by Crippen LogP contribution is 2.19. The largest absolute Gasteiger partial charge is 0.364 e. The number of piperazine rings is 1. The maximum absolute atomic E-state index is 13.6. The predicted octanol–water partition coefficient (Wildman–Crippen LogP) is 0.697. The molecule has 1 aliphatic heterocycles. The molecule has 0 spiro atoms. The highest BCUT2D eigenvalue weighted by atomic mass is 19.1. The van der Waals surface area contributed by atoms with Gasteiger partial charge in [-0.05, 0) is 12.1 Å². The molecule has 1 saturated heterocycles. The number of amides is 1. The van der Waals surface area contributed by atoms with Crippen LogP contribution >= 0.6 is 0 Å². The van der Waals surface area contributed by atoms with E-state index >= 15 is 0 Å². The van der Waals surface area contributed by atoms with Gasteiger partial charge >= 0.3 is 0 Å². The number of nitrogens with one attached hydrogen (secondary N) is 2. The minimum atomic E-state index is -0.226. The van der Waals surface area contributed by atoms with Gasteiger partial charge in [-0.25, -0.2) is 4.39 Å². The minimum absolute atomic E-state index is 0.0853. The lowest BCUT2D eigenvalue weighted by Crippen LogP contribution is -2.58. The predicted molar refractivity (Wildman–Crippen MR) is 64.2 cm³/mol. The smallest absolute Gasteiger partial charge is 0.218 e. The number of para-hydroxylation sites is 1. The number of nitrogens with zero attached hydrogens (tertiary/aromatic N) is 1. The van der Waals surface area contributed by atoms with Crippen molar-refractivity contribution in [2.24, 2.45) is 0 Å². The Bertz CT molecular complexity index is 410. The zero-order valence-corrected chi connectivity index (χ0v) is 9.74. The van der Waals surface area contributed by atoms with Crippen molar-refractivity contribution in [1.82, 2.24) is 10.6 Å². The molecule has 1 aliphatic rings. The molecule has 17 heavy (non-hydrogen) atoms. The van der Waals surface area contributed by atoms with E-state index in [9.17, 15) is 9.18 Å². The zero-order valence-electron chi connectivity index (χ0n) is 9.74. The summed E-state index contributed by atoms with van der Waals surface area (Å²) in [7, 11) is 0. The van der Waals surface area contributed by atoms with Gasteiger partial charge in [-0.1, -0.05) is 12.1 Å². The van der Waals surface area contributed by atoms with Crippen molar-refractivity contribution in [2.75, 3.05) is 24.5 Å². The summed E-state index contributed by atoms with van der Waals surface area (Å²) in [6, 6.07) is 6.69. The van der Waals surface area contributed by atoms with Crippen molar-refractivity contribution in [3.05, 3.63) is 30.1 Å². The number of rotatable bonds is 2. The summed E-state index contributed by atoms with van der Waals surface area (Å²) in [5.74, 6) is -0.311.